The number of aromatic nitrogens is 1. The van der Waals surface area contributed by atoms with Crippen LogP contribution in [-0.2, 0) is 6.54 Å². The van der Waals surface area contributed by atoms with Crippen molar-refractivity contribution in [1.82, 2.24) is 10.3 Å². The van der Waals surface area contributed by atoms with Crippen molar-refractivity contribution in [1.29, 1.82) is 0 Å². The van der Waals surface area contributed by atoms with Gasteiger partial charge in [0.2, 0.25) is 0 Å². The summed E-state index contributed by atoms with van der Waals surface area (Å²) in [5.41, 5.74) is 2.99. The van der Waals surface area contributed by atoms with Gasteiger partial charge >= 0.3 is 0 Å². The Labute approximate surface area is 119 Å². The first-order valence-corrected chi connectivity index (χ1v) is 6.62. The summed E-state index contributed by atoms with van der Waals surface area (Å²) in [7, 11) is 1.62. The van der Waals surface area contributed by atoms with Gasteiger partial charge in [0.25, 0.3) is 0 Å². The van der Waals surface area contributed by atoms with Gasteiger partial charge in [-0.1, -0.05) is 6.07 Å². The first-order valence-electron chi connectivity index (χ1n) is 6.62. The van der Waals surface area contributed by atoms with Crippen LogP contribution in [0.5, 0.6) is 11.5 Å². The lowest BCUT2D eigenvalue weighted by atomic mass is 10.1. The SMILES string of the molecule is COc1ccc(O)c(C(C)NCc2ncccc2C)c1. The van der Waals surface area contributed by atoms with Crippen LogP contribution >= 0.6 is 0 Å². The van der Waals surface area contributed by atoms with Gasteiger partial charge in [0.05, 0.1) is 12.8 Å². The number of benzene rings is 1. The zero-order chi connectivity index (χ0) is 14.5. The third-order valence-corrected chi connectivity index (χ3v) is 3.39. The van der Waals surface area contributed by atoms with Crippen molar-refractivity contribution in [3.63, 3.8) is 0 Å². The molecule has 1 aromatic carbocycles. The Hall–Kier alpha value is -2.07. The summed E-state index contributed by atoms with van der Waals surface area (Å²) in [5.74, 6) is 1.00. The second-order valence-corrected chi connectivity index (χ2v) is 4.79. The van der Waals surface area contributed by atoms with Crippen molar-refractivity contribution in [2.24, 2.45) is 0 Å². The fraction of sp³-hybridized carbons (Fsp3) is 0.312. The predicted octanol–water partition coefficient (Wildman–Crippen LogP) is 2.96. The summed E-state index contributed by atoms with van der Waals surface area (Å²) in [6, 6.07) is 9.21. The monoisotopic (exact) mass is 272 g/mol. The minimum absolute atomic E-state index is 0.00602. The maximum Gasteiger partial charge on any atom is 0.120 e. The summed E-state index contributed by atoms with van der Waals surface area (Å²) < 4.78 is 5.19. The van der Waals surface area contributed by atoms with Gasteiger partial charge in [0, 0.05) is 24.3 Å². The third kappa shape index (κ3) is 3.27. The number of phenolic OH excluding ortho intramolecular Hbond substituents is 1. The molecule has 4 heteroatoms. The lowest BCUT2D eigenvalue weighted by molar-refractivity contribution is 0.407. The Morgan fingerprint density at radius 2 is 2.15 bits per heavy atom. The van der Waals surface area contributed by atoms with Crippen LogP contribution in [0.3, 0.4) is 0 Å². The molecule has 1 unspecified atom stereocenters. The van der Waals surface area contributed by atoms with Gasteiger partial charge in [-0.25, -0.2) is 0 Å². The third-order valence-electron chi connectivity index (χ3n) is 3.39. The molecule has 0 saturated heterocycles. The van der Waals surface area contributed by atoms with Gasteiger partial charge in [0.15, 0.2) is 0 Å². The van der Waals surface area contributed by atoms with Crippen LogP contribution in [0.2, 0.25) is 0 Å². The highest BCUT2D eigenvalue weighted by Gasteiger charge is 2.12. The summed E-state index contributed by atoms with van der Waals surface area (Å²) in [5, 5.41) is 13.3. The Morgan fingerprint density at radius 3 is 2.85 bits per heavy atom. The van der Waals surface area contributed by atoms with E-state index in [0.29, 0.717) is 6.54 Å². The molecule has 0 fully saturated rings. The van der Waals surface area contributed by atoms with E-state index in [1.165, 1.54) is 0 Å². The molecular formula is C16H20N2O2. The molecule has 4 nitrogen and oxygen atoms in total. The van der Waals surface area contributed by atoms with Crippen molar-refractivity contribution >= 4 is 0 Å². The van der Waals surface area contributed by atoms with Crippen molar-refractivity contribution in [2.75, 3.05) is 7.11 Å². The van der Waals surface area contributed by atoms with E-state index in [-0.39, 0.29) is 11.8 Å². The summed E-state index contributed by atoms with van der Waals surface area (Å²) in [4.78, 5) is 4.35. The van der Waals surface area contributed by atoms with Gasteiger partial charge in [0.1, 0.15) is 11.5 Å². The average molecular weight is 272 g/mol. The van der Waals surface area contributed by atoms with Gasteiger partial charge in [-0.15, -0.1) is 0 Å². The average Bonchev–Trinajstić information content (AvgIpc) is 2.46. The number of nitrogens with one attached hydrogen (secondary N) is 1. The molecule has 0 radical (unpaired) electrons. The quantitative estimate of drug-likeness (QED) is 0.878. The molecule has 1 aromatic heterocycles. The number of hydrogen-bond acceptors (Lipinski definition) is 4. The predicted molar refractivity (Wildman–Crippen MR) is 78.9 cm³/mol. The molecule has 106 valence electrons. The summed E-state index contributed by atoms with van der Waals surface area (Å²) in [6.45, 7) is 4.70. The number of rotatable bonds is 5. The fourth-order valence-electron chi connectivity index (χ4n) is 2.07. The molecule has 0 aliphatic heterocycles. The number of methoxy groups -OCH3 is 1. The number of phenols is 1. The van der Waals surface area contributed by atoms with E-state index < -0.39 is 0 Å². The van der Waals surface area contributed by atoms with E-state index in [0.717, 1.165) is 22.6 Å². The first-order chi connectivity index (χ1) is 9.61. The number of nitrogens with zero attached hydrogens (tertiary/aromatic N) is 1. The Balaban J connectivity index is 2.09. The van der Waals surface area contributed by atoms with Crippen LogP contribution < -0.4 is 10.1 Å². The summed E-state index contributed by atoms with van der Waals surface area (Å²) >= 11 is 0. The molecule has 2 aromatic rings. The van der Waals surface area contributed by atoms with E-state index in [4.69, 9.17) is 4.74 Å². The van der Waals surface area contributed by atoms with Crippen molar-refractivity contribution in [2.45, 2.75) is 26.4 Å². The molecule has 0 saturated carbocycles. The van der Waals surface area contributed by atoms with Crippen molar-refractivity contribution < 1.29 is 9.84 Å². The van der Waals surface area contributed by atoms with Crippen LogP contribution in [0, 0.1) is 6.92 Å². The highest BCUT2D eigenvalue weighted by Crippen LogP contribution is 2.28. The van der Waals surface area contributed by atoms with E-state index in [9.17, 15) is 5.11 Å². The smallest absolute Gasteiger partial charge is 0.120 e. The second-order valence-electron chi connectivity index (χ2n) is 4.79. The van der Waals surface area contributed by atoms with Crippen LogP contribution in [0.15, 0.2) is 36.5 Å². The second kappa shape index (κ2) is 6.39. The maximum absolute atomic E-state index is 9.94. The Morgan fingerprint density at radius 1 is 1.35 bits per heavy atom. The Bertz CT molecular complexity index is 584. The lowest BCUT2D eigenvalue weighted by Crippen LogP contribution is -2.19. The molecule has 0 aliphatic rings. The molecular weight excluding hydrogens is 252 g/mol. The minimum atomic E-state index is 0.00602. The number of pyridine rings is 1. The van der Waals surface area contributed by atoms with Gasteiger partial charge in [-0.05, 0) is 43.7 Å². The molecule has 1 heterocycles. The number of ether oxygens (including phenoxy) is 1. The standard InChI is InChI=1S/C16H20N2O2/c1-11-5-4-8-17-15(11)10-18-12(2)14-9-13(20-3)6-7-16(14)19/h4-9,12,18-19H,10H2,1-3H3. The van der Waals surface area contributed by atoms with E-state index in [1.54, 1.807) is 25.4 Å². The number of hydrogen-bond donors (Lipinski definition) is 2. The molecule has 0 aliphatic carbocycles. The van der Waals surface area contributed by atoms with Crippen molar-refractivity contribution in [3.8, 4) is 11.5 Å². The molecule has 0 amide bonds. The zero-order valence-corrected chi connectivity index (χ0v) is 12.1. The molecule has 1 atom stereocenters. The van der Waals surface area contributed by atoms with Crippen molar-refractivity contribution in [3.05, 3.63) is 53.3 Å². The minimum Gasteiger partial charge on any atom is -0.508 e. The van der Waals surface area contributed by atoms with Crippen LogP contribution in [0.4, 0.5) is 0 Å². The molecule has 20 heavy (non-hydrogen) atoms. The van der Waals surface area contributed by atoms with E-state index >= 15 is 0 Å². The molecule has 0 spiro atoms. The molecule has 2 rings (SSSR count). The first kappa shape index (κ1) is 14.3. The van der Waals surface area contributed by atoms with E-state index in [2.05, 4.69) is 10.3 Å². The largest absolute Gasteiger partial charge is 0.508 e. The summed E-state index contributed by atoms with van der Waals surface area (Å²) in [6.07, 6.45) is 1.79. The van der Waals surface area contributed by atoms with Gasteiger partial charge in [-0.2, -0.15) is 0 Å². The molecule has 2 N–H and O–H groups in total. The van der Waals surface area contributed by atoms with E-state index in [1.807, 2.05) is 32.0 Å². The van der Waals surface area contributed by atoms with Crippen LogP contribution in [0.25, 0.3) is 0 Å². The highest BCUT2D eigenvalue weighted by molar-refractivity contribution is 5.41. The van der Waals surface area contributed by atoms with Crippen LogP contribution in [0.1, 0.15) is 29.8 Å². The van der Waals surface area contributed by atoms with Crippen LogP contribution in [-0.4, -0.2) is 17.2 Å². The van der Waals surface area contributed by atoms with Gasteiger partial charge in [-0.3, -0.25) is 4.98 Å². The lowest BCUT2D eigenvalue weighted by Gasteiger charge is -2.17. The topological polar surface area (TPSA) is 54.4 Å². The number of aromatic hydroxyl groups is 1. The Kier molecular flexibility index (Phi) is 4.58. The fourth-order valence-corrected chi connectivity index (χ4v) is 2.07. The van der Waals surface area contributed by atoms with Gasteiger partial charge < -0.3 is 15.2 Å². The molecule has 0 bridgehead atoms. The number of aryl methyl sites for hydroxylation is 1. The highest BCUT2D eigenvalue weighted by atomic mass is 16.5. The normalized spacial score (nSPS) is 12.2. The zero-order valence-electron chi connectivity index (χ0n) is 12.1. The maximum atomic E-state index is 9.94.